The molecule has 0 spiro atoms. The van der Waals surface area contributed by atoms with Crippen molar-refractivity contribution in [2.45, 2.75) is 53.7 Å². The fourth-order valence-electron chi connectivity index (χ4n) is 2.52. The summed E-state index contributed by atoms with van der Waals surface area (Å²) in [7, 11) is 4.92. The molecule has 2 heterocycles. The Labute approximate surface area is 211 Å². The number of nitrogens with one attached hydrogen (secondary N) is 2. The summed E-state index contributed by atoms with van der Waals surface area (Å²) >= 11 is 12.6. The van der Waals surface area contributed by atoms with Crippen molar-refractivity contribution >= 4 is 51.9 Å². The summed E-state index contributed by atoms with van der Waals surface area (Å²) in [5.41, 5.74) is 1.70. The first kappa shape index (κ1) is 31.4. The predicted octanol–water partition coefficient (Wildman–Crippen LogP) is 5.37. The minimum absolute atomic E-state index is 0.300. The molecule has 0 aliphatic rings. The molecule has 2 aromatic heterocycles. The summed E-state index contributed by atoms with van der Waals surface area (Å²) in [4.78, 5) is 32.0. The van der Waals surface area contributed by atoms with Gasteiger partial charge in [-0.1, -0.05) is 48.4 Å². The van der Waals surface area contributed by atoms with E-state index in [1.807, 2.05) is 20.9 Å². The van der Waals surface area contributed by atoms with Gasteiger partial charge in [0.25, 0.3) is 0 Å². The first-order valence-corrected chi connectivity index (χ1v) is 12.3. The van der Waals surface area contributed by atoms with Crippen molar-refractivity contribution in [3.63, 3.8) is 0 Å². The number of esters is 1. The lowest BCUT2D eigenvalue weighted by atomic mass is 10.2. The zero-order chi connectivity index (χ0) is 25.6. The number of aromatic amines is 1. The van der Waals surface area contributed by atoms with Crippen LogP contribution >= 0.6 is 34.5 Å². The number of nitrogens with zero attached hydrogens (tertiary/aromatic N) is 2. The van der Waals surface area contributed by atoms with Crippen LogP contribution in [0, 0.1) is 6.92 Å². The van der Waals surface area contributed by atoms with Crippen LogP contribution in [0.25, 0.3) is 0 Å². The molecule has 0 amide bonds. The van der Waals surface area contributed by atoms with E-state index in [2.05, 4.69) is 34.0 Å². The van der Waals surface area contributed by atoms with Gasteiger partial charge >= 0.3 is 5.97 Å². The lowest BCUT2D eigenvalue weighted by molar-refractivity contribution is 0.0601. The maximum absolute atomic E-state index is 11.8. The smallest absolute Gasteiger partial charge is 0.350 e. The molecule has 2 rings (SSSR count). The number of ether oxygens (including phenoxy) is 2. The summed E-state index contributed by atoms with van der Waals surface area (Å²) in [5, 5.41) is 4.78. The topological polar surface area (TPSA) is 96.5 Å². The van der Waals surface area contributed by atoms with E-state index in [-0.39, 0.29) is 5.97 Å². The first-order chi connectivity index (χ1) is 15.7. The SMILES string of the molecule is CC.CCN(CC[C@@H](C)NC)c1nc(COC)c(C(=O)OC)s1.Cc1[nH]c(C=O)c(Cl)c1Cl. The van der Waals surface area contributed by atoms with Gasteiger partial charge in [-0.15, -0.1) is 0 Å². The van der Waals surface area contributed by atoms with Gasteiger partial charge in [-0.3, -0.25) is 4.79 Å². The van der Waals surface area contributed by atoms with E-state index >= 15 is 0 Å². The molecule has 0 fully saturated rings. The van der Waals surface area contributed by atoms with Gasteiger partial charge in [0.1, 0.15) is 4.88 Å². The molecule has 0 radical (unpaired) electrons. The minimum atomic E-state index is -0.356. The third-order valence-corrected chi connectivity index (χ3v) is 6.61. The largest absolute Gasteiger partial charge is 0.465 e. The van der Waals surface area contributed by atoms with Crippen LogP contribution in [0.15, 0.2) is 0 Å². The highest BCUT2D eigenvalue weighted by atomic mass is 35.5. The fourth-order valence-corrected chi connectivity index (χ4v) is 3.98. The second-order valence-electron chi connectivity index (χ2n) is 6.66. The van der Waals surface area contributed by atoms with Gasteiger partial charge in [-0.25, -0.2) is 9.78 Å². The number of rotatable bonds is 10. The van der Waals surface area contributed by atoms with Crippen LogP contribution in [0.1, 0.15) is 65.7 Å². The van der Waals surface area contributed by atoms with Gasteiger partial charge in [0.15, 0.2) is 11.4 Å². The van der Waals surface area contributed by atoms with Crippen molar-refractivity contribution in [3.05, 3.63) is 32.0 Å². The van der Waals surface area contributed by atoms with Gasteiger partial charge in [-0.05, 0) is 34.2 Å². The number of aryl methyl sites for hydroxylation is 1. The Bertz CT molecular complexity index is 858. The molecule has 0 saturated carbocycles. The number of thiazole rings is 1. The molecular formula is C22H36Cl2N4O4S. The molecule has 0 unspecified atom stereocenters. The van der Waals surface area contributed by atoms with E-state index in [1.165, 1.54) is 18.4 Å². The molecule has 2 aromatic rings. The molecule has 8 nitrogen and oxygen atoms in total. The number of hydrogen-bond acceptors (Lipinski definition) is 8. The Morgan fingerprint density at radius 2 is 1.94 bits per heavy atom. The summed E-state index contributed by atoms with van der Waals surface area (Å²) in [6.45, 7) is 12.0. The molecule has 0 aromatic carbocycles. The Kier molecular flexibility index (Phi) is 16.0. The fraction of sp³-hybridized carbons (Fsp3) is 0.591. The maximum Gasteiger partial charge on any atom is 0.350 e. The van der Waals surface area contributed by atoms with Gasteiger partial charge in [0, 0.05) is 31.9 Å². The number of aromatic nitrogens is 2. The third-order valence-electron chi connectivity index (χ3n) is 4.51. The van der Waals surface area contributed by atoms with E-state index in [4.69, 9.17) is 32.7 Å². The highest BCUT2D eigenvalue weighted by Gasteiger charge is 2.21. The predicted molar refractivity (Wildman–Crippen MR) is 137 cm³/mol. The number of methoxy groups -OCH3 is 2. The Morgan fingerprint density at radius 3 is 2.33 bits per heavy atom. The number of H-pyrrole nitrogens is 1. The summed E-state index contributed by atoms with van der Waals surface area (Å²) in [6.07, 6.45) is 1.65. The molecule has 2 N–H and O–H groups in total. The van der Waals surface area contributed by atoms with Crippen molar-refractivity contribution in [1.29, 1.82) is 0 Å². The van der Waals surface area contributed by atoms with Crippen LogP contribution in [-0.2, 0) is 16.1 Å². The Balaban J connectivity index is 0.000000709. The van der Waals surface area contributed by atoms with Crippen LogP contribution < -0.4 is 10.2 Å². The van der Waals surface area contributed by atoms with Crippen molar-refractivity contribution in [3.8, 4) is 0 Å². The van der Waals surface area contributed by atoms with E-state index in [0.717, 1.165) is 24.6 Å². The monoisotopic (exact) mass is 522 g/mol. The zero-order valence-corrected chi connectivity index (χ0v) is 23.0. The van der Waals surface area contributed by atoms with Crippen LogP contribution in [0.2, 0.25) is 10.0 Å². The Hall–Kier alpha value is -1.65. The standard InChI is InChI=1S/C14H25N3O3S.C6H5Cl2NO.C2H6/c1-6-17(8-7-10(2)15-3)14-16-11(9-19-4)12(21-14)13(18)20-5;1-3-5(7)6(8)4(2-10)9-3;1-2/h10,15H,6-9H2,1-5H3;2,9H,1H3;1-2H3/t10-;;/m1../s1. The van der Waals surface area contributed by atoms with Crippen LogP contribution in [-0.4, -0.2) is 62.6 Å². The van der Waals surface area contributed by atoms with Gasteiger partial charge in [-0.2, -0.15) is 0 Å². The zero-order valence-electron chi connectivity index (χ0n) is 20.7. The number of aldehydes is 1. The second kappa shape index (κ2) is 16.9. The molecule has 0 bridgehead atoms. The molecule has 11 heteroatoms. The Morgan fingerprint density at radius 1 is 1.30 bits per heavy atom. The number of carbonyl (C=O) groups excluding carboxylic acids is 2. The molecule has 188 valence electrons. The van der Waals surface area contributed by atoms with Crippen molar-refractivity contribution < 1.29 is 19.1 Å². The van der Waals surface area contributed by atoms with Crippen LogP contribution in [0.3, 0.4) is 0 Å². The number of hydrogen-bond donors (Lipinski definition) is 2. The highest BCUT2D eigenvalue weighted by molar-refractivity contribution is 7.17. The first-order valence-electron chi connectivity index (χ1n) is 10.7. The number of halogens is 2. The quantitative estimate of drug-likeness (QED) is 0.319. The summed E-state index contributed by atoms with van der Waals surface area (Å²) < 4.78 is 9.93. The molecule has 1 atom stereocenters. The number of anilines is 1. The van der Waals surface area contributed by atoms with E-state index in [9.17, 15) is 9.59 Å². The van der Waals surface area contributed by atoms with Crippen molar-refractivity contribution in [2.75, 3.05) is 39.3 Å². The average Bonchev–Trinajstić information content (AvgIpc) is 3.36. The van der Waals surface area contributed by atoms with Crippen LogP contribution in [0.4, 0.5) is 5.13 Å². The second-order valence-corrected chi connectivity index (χ2v) is 8.40. The average molecular weight is 524 g/mol. The molecule has 0 saturated heterocycles. The van der Waals surface area contributed by atoms with Crippen molar-refractivity contribution in [1.82, 2.24) is 15.3 Å². The normalized spacial score (nSPS) is 11.0. The molecule has 0 aliphatic heterocycles. The number of carbonyl (C=O) groups is 2. The molecule has 33 heavy (non-hydrogen) atoms. The summed E-state index contributed by atoms with van der Waals surface area (Å²) in [5.74, 6) is -0.356. The van der Waals surface area contributed by atoms with Crippen molar-refractivity contribution in [2.24, 2.45) is 0 Å². The van der Waals surface area contributed by atoms with E-state index in [0.29, 0.717) is 50.9 Å². The summed E-state index contributed by atoms with van der Waals surface area (Å²) in [6, 6.07) is 0.442. The minimum Gasteiger partial charge on any atom is -0.465 e. The van der Waals surface area contributed by atoms with E-state index in [1.54, 1.807) is 14.0 Å². The van der Waals surface area contributed by atoms with E-state index < -0.39 is 0 Å². The third kappa shape index (κ3) is 9.62. The van der Waals surface area contributed by atoms with Gasteiger partial charge in [0.05, 0.1) is 35.1 Å². The van der Waals surface area contributed by atoms with Crippen LogP contribution in [0.5, 0.6) is 0 Å². The maximum atomic E-state index is 11.8. The van der Waals surface area contributed by atoms with Gasteiger partial charge in [0.2, 0.25) is 0 Å². The van der Waals surface area contributed by atoms with Gasteiger partial charge < -0.3 is 24.7 Å². The lowest BCUT2D eigenvalue weighted by Gasteiger charge is -2.21. The molecular weight excluding hydrogens is 487 g/mol. The molecule has 0 aliphatic carbocycles. The lowest BCUT2D eigenvalue weighted by Crippen LogP contribution is -2.30. The highest BCUT2D eigenvalue weighted by Crippen LogP contribution is 2.28.